The first-order chi connectivity index (χ1) is 14.3. The molecule has 1 fully saturated rings. The molecule has 3 rings (SSSR count). The first-order valence-corrected chi connectivity index (χ1v) is 11.1. The van der Waals surface area contributed by atoms with Crippen molar-refractivity contribution in [1.82, 2.24) is 10.2 Å². The van der Waals surface area contributed by atoms with E-state index in [0.29, 0.717) is 42.7 Å². The van der Waals surface area contributed by atoms with Crippen molar-refractivity contribution in [1.29, 1.82) is 0 Å². The molecule has 1 saturated heterocycles. The molecule has 2 N–H and O–H groups in total. The molecule has 3 amide bonds. The van der Waals surface area contributed by atoms with Crippen LogP contribution in [0.15, 0.2) is 18.2 Å². The van der Waals surface area contributed by atoms with Crippen LogP contribution in [0, 0.1) is 11.3 Å². The molecule has 1 aromatic carbocycles. The van der Waals surface area contributed by atoms with Gasteiger partial charge in [-0.15, -0.1) is 0 Å². The lowest BCUT2D eigenvalue weighted by atomic mass is 9.94. The number of urea groups is 1. The summed E-state index contributed by atoms with van der Waals surface area (Å²) >= 11 is 0. The SMILES string of the molecule is CCCN1CCC(CNC(=O)Nc2ccc3c(c2)N(C(=O)C(C)(C)C)CCO3)CC1. The Hall–Kier alpha value is -2.28. The van der Waals surface area contributed by atoms with Gasteiger partial charge in [-0.2, -0.15) is 0 Å². The molecular formula is C23H36N4O3. The number of ether oxygens (including phenoxy) is 1. The lowest BCUT2D eigenvalue weighted by Gasteiger charge is -2.34. The fraction of sp³-hybridized carbons (Fsp3) is 0.652. The number of likely N-dealkylation sites (tertiary alicyclic amines) is 1. The second-order valence-corrected chi connectivity index (χ2v) is 9.36. The van der Waals surface area contributed by atoms with E-state index in [-0.39, 0.29) is 11.9 Å². The summed E-state index contributed by atoms with van der Waals surface area (Å²) in [6, 6.07) is 5.24. The normalized spacial score (nSPS) is 17.8. The first kappa shape index (κ1) is 22.4. The zero-order valence-corrected chi connectivity index (χ0v) is 18.8. The number of carbonyl (C=O) groups is 2. The van der Waals surface area contributed by atoms with Crippen molar-refractivity contribution in [3.63, 3.8) is 0 Å². The summed E-state index contributed by atoms with van der Waals surface area (Å²) in [4.78, 5) is 29.5. The van der Waals surface area contributed by atoms with Crippen LogP contribution in [0.1, 0.15) is 47.0 Å². The summed E-state index contributed by atoms with van der Waals surface area (Å²) in [6.07, 6.45) is 3.44. The number of carbonyl (C=O) groups excluding carboxylic acids is 2. The number of hydrogen-bond donors (Lipinski definition) is 2. The van der Waals surface area contributed by atoms with E-state index >= 15 is 0 Å². The topological polar surface area (TPSA) is 73.9 Å². The average molecular weight is 417 g/mol. The molecule has 7 heteroatoms. The molecule has 0 atom stereocenters. The minimum atomic E-state index is -0.484. The van der Waals surface area contributed by atoms with Crippen molar-refractivity contribution in [3.05, 3.63) is 18.2 Å². The van der Waals surface area contributed by atoms with Gasteiger partial charge in [0.15, 0.2) is 0 Å². The Morgan fingerprint density at radius 2 is 1.90 bits per heavy atom. The summed E-state index contributed by atoms with van der Waals surface area (Å²) in [5.41, 5.74) is 0.880. The maximum atomic E-state index is 12.8. The Labute approximate surface area is 180 Å². The van der Waals surface area contributed by atoms with E-state index in [9.17, 15) is 9.59 Å². The molecular weight excluding hydrogens is 380 g/mol. The van der Waals surface area contributed by atoms with Gasteiger partial charge in [-0.05, 0) is 63.0 Å². The van der Waals surface area contributed by atoms with Gasteiger partial charge in [-0.1, -0.05) is 27.7 Å². The third-order valence-corrected chi connectivity index (χ3v) is 5.77. The monoisotopic (exact) mass is 416 g/mol. The van der Waals surface area contributed by atoms with Crippen LogP contribution in [0.25, 0.3) is 0 Å². The third kappa shape index (κ3) is 5.65. The van der Waals surface area contributed by atoms with E-state index in [1.807, 2.05) is 39.0 Å². The van der Waals surface area contributed by atoms with E-state index in [2.05, 4.69) is 22.5 Å². The van der Waals surface area contributed by atoms with Gasteiger partial charge in [-0.3, -0.25) is 4.79 Å². The molecule has 1 aromatic rings. The molecule has 166 valence electrons. The molecule has 2 aliphatic rings. The Kier molecular flexibility index (Phi) is 7.23. The van der Waals surface area contributed by atoms with Gasteiger partial charge in [0, 0.05) is 17.6 Å². The second kappa shape index (κ2) is 9.69. The Morgan fingerprint density at radius 3 is 2.57 bits per heavy atom. The average Bonchev–Trinajstić information content (AvgIpc) is 2.72. The van der Waals surface area contributed by atoms with Crippen molar-refractivity contribution in [2.75, 3.05) is 49.5 Å². The Bertz CT molecular complexity index is 751. The van der Waals surface area contributed by atoms with Crippen LogP contribution in [-0.2, 0) is 4.79 Å². The van der Waals surface area contributed by atoms with Gasteiger partial charge in [0.25, 0.3) is 0 Å². The smallest absolute Gasteiger partial charge is 0.319 e. The predicted octanol–water partition coefficient (Wildman–Crippen LogP) is 3.70. The van der Waals surface area contributed by atoms with E-state index in [1.165, 1.54) is 6.42 Å². The number of nitrogens with zero attached hydrogens (tertiary/aromatic N) is 2. The maximum Gasteiger partial charge on any atom is 0.319 e. The summed E-state index contributed by atoms with van der Waals surface area (Å²) in [5.74, 6) is 1.24. The fourth-order valence-electron chi connectivity index (χ4n) is 4.05. The molecule has 2 heterocycles. The minimum Gasteiger partial charge on any atom is -0.490 e. The van der Waals surface area contributed by atoms with Crippen molar-refractivity contribution in [2.24, 2.45) is 11.3 Å². The van der Waals surface area contributed by atoms with Crippen LogP contribution in [0.4, 0.5) is 16.2 Å². The molecule has 0 aromatic heterocycles. The van der Waals surface area contributed by atoms with Crippen LogP contribution in [0.2, 0.25) is 0 Å². The second-order valence-electron chi connectivity index (χ2n) is 9.36. The van der Waals surface area contributed by atoms with Gasteiger partial charge >= 0.3 is 6.03 Å². The lowest BCUT2D eigenvalue weighted by molar-refractivity contribution is -0.126. The summed E-state index contributed by atoms with van der Waals surface area (Å²) in [5, 5.41) is 5.91. The summed E-state index contributed by atoms with van der Waals surface area (Å²) < 4.78 is 5.70. The van der Waals surface area contributed by atoms with Crippen molar-refractivity contribution in [3.8, 4) is 5.75 Å². The quantitative estimate of drug-likeness (QED) is 0.768. The molecule has 7 nitrogen and oxygen atoms in total. The maximum absolute atomic E-state index is 12.8. The molecule has 0 radical (unpaired) electrons. The minimum absolute atomic E-state index is 0.0445. The molecule has 0 spiro atoms. The van der Waals surface area contributed by atoms with E-state index in [0.717, 1.165) is 32.5 Å². The predicted molar refractivity (Wildman–Crippen MR) is 120 cm³/mol. The highest BCUT2D eigenvalue weighted by atomic mass is 16.5. The van der Waals surface area contributed by atoms with Gasteiger partial charge in [0.05, 0.1) is 12.2 Å². The number of fused-ring (bicyclic) bond motifs is 1. The number of piperidine rings is 1. The Morgan fingerprint density at radius 1 is 1.17 bits per heavy atom. The molecule has 0 saturated carbocycles. The van der Waals surface area contributed by atoms with Gasteiger partial charge in [0.1, 0.15) is 12.4 Å². The highest BCUT2D eigenvalue weighted by Gasteiger charge is 2.32. The van der Waals surface area contributed by atoms with Crippen molar-refractivity contribution >= 4 is 23.3 Å². The van der Waals surface area contributed by atoms with Gasteiger partial charge < -0.3 is 25.2 Å². The zero-order chi connectivity index (χ0) is 21.7. The molecule has 0 aliphatic carbocycles. The summed E-state index contributed by atoms with van der Waals surface area (Å²) in [6.45, 7) is 13.0. The van der Waals surface area contributed by atoms with Crippen molar-refractivity contribution in [2.45, 2.75) is 47.0 Å². The van der Waals surface area contributed by atoms with Crippen LogP contribution in [-0.4, -0.2) is 56.2 Å². The van der Waals surface area contributed by atoms with Crippen LogP contribution >= 0.6 is 0 Å². The van der Waals surface area contributed by atoms with Crippen molar-refractivity contribution < 1.29 is 14.3 Å². The number of amides is 3. The highest BCUT2D eigenvalue weighted by molar-refractivity contribution is 5.99. The van der Waals surface area contributed by atoms with Gasteiger partial charge in [0.2, 0.25) is 5.91 Å². The molecule has 0 unspecified atom stereocenters. The van der Waals surface area contributed by atoms with E-state index in [4.69, 9.17) is 4.74 Å². The van der Waals surface area contributed by atoms with E-state index < -0.39 is 5.41 Å². The van der Waals surface area contributed by atoms with Crippen LogP contribution in [0.5, 0.6) is 5.75 Å². The molecule has 0 bridgehead atoms. The number of nitrogens with one attached hydrogen (secondary N) is 2. The standard InChI is InChI=1S/C23H36N4O3/c1-5-10-26-11-8-17(9-12-26)16-24-22(29)25-18-6-7-20-19(15-18)27(13-14-30-20)21(28)23(2,3)4/h6-7,15,17H,5,8-14,16H2,1-4H3,(H2,24,25,29). The zero-order valence-electron chi connectivity index (χ0n) is 18.8. The largest absolute Gasteiger partial charge is 0.490 e. The van der Waals surface area contributed by atoms with Gasteiger partial charge in [-0.25, -0.2) is 4.79 Å². The van der Waals surface area contributed by atoms with Crippen LogP contribution in [0.3, 0.4) is 0 Å². The third-order valence-electron chi connectivity index (χ3n) is 5.77. The fourth-order valence-corrected chi connectivity index (χ4v) is 4.05. The van der Waals surface area contributed by atoms with Crippen LogP contribution < -0.4 is 20.3 Å². The number of benzene rings is 1. The lowest BCUT2D eigenvalue weighted by Crippen LogP contribution is -2.44. The number of rotatable bonds is 5. The number of anilines is 2. The molecule has 30 heavy (non-hydrogen) atoms. The highest BCUT2D eigenvalue weighted by Crippen LogP contribution is 2.36. The Balaban J connectivity index is 1.56. The van der Waals surface area contributed by atoms with E-state index in [1.54, 1.807) is 4.90 Å². The first-order valence-electron chi connectivity index (χ1n) is 11.1. The number of hydrogen-bond acceptors (Lipinski definition) is 4. The molecule has 2 aliphatic heterocycles. The summed E-state index contributed by atoms with van der Waals surface area (Å²) in [7, 11) is 0.